The number of nitrogens with zero attached hydrogens (tertiary/aromatic N) is 1. The molecule has 1 aromatic carbocycles. The molecule has 2 rings (SSSR count). The molecular weight excluding hydrogens is 220 g/mol. The first-order valence-corrected chi connectivity index (χ1v) is 7.23. The van der Waals surface area contributed by atoms with Crippen molar-refractivity contribution in [1.82, 2.24) is 10.2 Å². The van der Waals surface area contributed by atoms with E-state index in [1.807, 2.05) is 7.05 Å². The third kappa shape index (κ3) is 3.82. The molecule has 1 fully saturated rings. The van der Waals surface area contributed by atoms with Crippen molar-refractivity contribution in [3.8, 4) is 0 Å². The third-order valence-electron chi connectivity index (χ3n) is 3.99. The number of rotatable bonds is 4. The Kier molecular flexibility index (Phi) is 5.21. The predicted molar refractivity (Wildman–Crippen MR) is 77.5 cm³/mol. The molecule has 1 heterocycles. The first-order chi connectivity index (χ1) is 8.79. The van der Waals surface area contributed by atoms with Gasteiger partial charge in [-0.3, -0.25) is 4.90 Å². The summed E-state index contributed by atoms with van der Waals surface area (Å²) in [6.07, 6.45) is 4.11. The fourth-order valence-corrected chi connectivity index (χ4v) is 2.80. The van der Waals surface area contributed by atoms with Gasteiger partial charge < -0.3 is 5.32 Å². The summed E-state index contributed by atoms with van der Waals surface area (Å²) >= 11 is 0. The van der Waals surface area contributed by atoms with E-state index in [0.29, 0.717) is 0 Å². The van der Waals surface area contributed by atoms with Crippen molar-refractivity contribution >= 4 is 0 Å². The molecule has 1 aromatic rings. The molecule has 1 aliphatic heterocycles. The fraction of sp³-hybridized carbons (Fsp3) is 0.625. The van der Waals surface area contributed by atoms with Gasteiger partial charge in [0.1, 0.15) is 0 Å². The molecule has 0 spiro atoms. The lowest BCUT2D eigenvalue weighted by atomic mass is 10.0. The van der Waals surface area contributed by atoms with Crippen LogP contribution in [0.15, 0.2) is 24.3 Å². The average molecular weight is 246 g/mol. The van der Waals surface area contributed by atoms with Gasteiger partial charge >= 0.3 is 0 Å². The Bertz CT molecular complexity index is 362. The van der Waals surface area contributed by atoms with Gasteiger partial charge in [-0.05, 0) is 56.4 Å². The first-order valence-electron chi connectivity index (χ1n) is 7.23. The summed E-state index contributed by atoms with van der Waals surface area (Å²) in [5, 5.41) is 3.26. The van der Waals surface area contributed by atoms with Crippen LogP contribution in [0.25, 0.3) is 0 Å². The molecule has 1 unspecified atom stereocenters. The molecule has 2 nitrogen and oxygen atoms in total. The SMILES string of the molecule is CNCc1ccccc1CN1CCCC(C)CC1. The van der Waals surface area contributed by atoms with E-state index in [0.717, 1.165) is 19.0 Å². The maximum atomic E-state index is 3.26. The second kappa shape index (κ2) is 6.91. The van der Waals surface area contributed by atoms with E-state index in [-0.39, 0.29) is 0 Å². The van der Waals surface area contributed by atoms with E-state index in [1.54, 1.807) is 0 Å². The third-order valence-corrected chi connectivity index (χ3v) is 3.99. The average Bonchev–Trinajstić information content (AvgIpc) is 2.57. The summed E-state index contributed by atoms with van der Waals surface area (Å²) in [5.41, 5.74) is 2.93. The molecule has 18 heavy (non-hydrogen) atoms. The normalized spacial score (nSPS) is 21.8. The minimum atomic E-state index is 0.905. The van der Waals surface area contributed by atoms with Gasteiger partial charge in [-0.1, -0.05) is 31.2 Å². The Morgan fingerprint density at radius 3 is 2.72 bits per heavy atom. The second-order valence-corrected chi connectivity index (χ2v) is 5.61. The van der Waals surface area contributed by atoms with Crippen molar-refractivity contribution in [2.75, 3.05) is 20.1 Å². The monoisotopic (exact) mass is 246 g/mol. The van der Waals surface area contributed by atoms with Crippen LogP contribution in [0.2, 0.25) is 0 Å². The summed E-state index contributed by atoms with van der Waals surface area (Å²) in [6, 6.07) is 8.82. The van der Waals surface area contributed by atoms with E-state index in [9.17, 15) is 0 Å². The van der Waals surface area contributed by atoms with Crippen molar-refractivity contribution in [2.45, 2.75) is 39.3 Å². The van der Waals surface area contributed by atoms with Crippen molar-refractivity contribution in [1.29, 1.82) is 0 Å². The van der Waals surface area contributed by atoms with Crippen LogP contribution < -0.4 is 5.32 Å². The molecule has 1 saturated heterocycles. The van der Waals surface area contributed by atoms with Gasteiger partial charge in [0.2, 0.25) is 0 Å². The van der Waals surface area contributed by atoms with Crippen LogP contribution >= 0.6 is 0 Å². The second-order valence-electron chi connectivity index (χ2n) is 5.61. The topological polar surface area (TPSA) is 15.3 Å². The Balaban J connectivity index is 1.99. The molecule has 2 heteroatoms. The molecular formula is C16H26N2. The van der Waals surface area contributed by atoms with E-state index in [4.69, 9.17) is 0 Å². The predicted octanol–water partition coefficient (Wildman–Crippen LogP) is 3.03. The van der Waals surface area contributed by atoms with Crippen LogP contribution in [0.3, 0.4) is 0 Å². The summed E-state index contributed by atoms with van der Waals surface area (Å²) in [5.74, 6) is 0.905. The van der Waals surface area contributed by atoms with Crippen LogP contribution in [-0.4, -0.2) is 25.0 Å². The lowest BCUT2D eigenvalue weighted by Gasteiger charge is -2.21. The summed E-state index contributed by atoms with van der Waals surface area (Å²) in [4.78, 5) is 2.62. The zero-order chi connectivity index (χ0) is 12.8. The molecule has 0 amide bonds. The molecule has 1 aliphatic rings. The summed E-state index contributed by atoms with van der Waals surface area (Å²) in [7, 11) is 2.02. The fourth-order valence-electron chi connectivity index (χ4n) is 2.80. The van der Waals surface area contributed by atoms with Crippen molar-refractivity contribution in [3.05, 3.63) is 35.4 Å². The van der Waals surface area contributed by atoms with Gasteiger partial charge in [-0.15, -0.1) is 0 Å². The maximum absolute atomic E-state index is 3.26. The van der Waals surface area contributed by atoms with Gasteiger partial charge in [-0.2, -0.15) is 0 Å². The van der Waals surface area contributed by atoms with Crippen LogP contribution in [-0.2, 0) is 13.1 Å². The van der Waals surface area contributed by atoms with Crippen LogP contribution in [0.5, 0.6) is 0 Å². The summed E-state index contributed by atoms with van der Waals surface area (Å²) in [6.45, 7) is 7.00. The Hall–Kier alpha value is -0.860. The van der Waals surface area contributed by atoms with E-state index < -0.39 is 0 Å². The lowest BCUT2D eigenvalue weighted by molar-refractivity contribution is 0.273. The lowest BCUT2D eigenvalue weighted by Crippen LogP contribution is -2.25. The maximum Gasteiger partial charge on any atom is 0.0236 e. The highest BCUT2D eigenvalue weighted by Gasteiger charge is 2.14. The van der Waals surface area contributed by atoms with Gasteiger partial charge in [0, 0.05) is 13.1 Å². The minimum absolute atomic E-state index is 0.905. The molecule has 0 saturated carbocycles. The first kappa shape index (κ1) is 13.6. The highest BCUT2D eigenvalue weighted by molar-refractivity contribution is 5.26. The van der Waals surface area contributed by atoms with Gasteiger partial charge in [0.05, 0.1) is 0 Å². The van der Waals surface area contributed by atoms with Crippen molar-refractivity contribution in [3.63, 3.8) is 0 Å². The number of hydrogen-bond donors (Lipinski definition) is 1. The Morgan fingerprint density at radius 2 is 1.94 bits per heavy atom. The number of hydrogen-bond acceptors (Lipinski definition) is 2. The van der Waals surface area contributed by atoms with E-state index >= 15 is 0 Å². The highest BCUT2D eigenvalue weighted by atomic mass is 15.1. The zero-order valence-electron chi connectivity index (χ0n) is 11.8. The largest absolute Gasteiger partial charge is 0.316 e. The summed E-state index contributed by atoms with van der Waals surface area (Å²) < 4.78 is 0. The van der Waals surface area contributed by atoms with Gasteiger partial charge in [0.15, 0.2) is 0 Å². The minimum Gasteiger partial charge on any atom is -0.316 e. The Labute approximate surface area is 111 Å². The van der Waals surface area contributed by atoms with Crippen LogP contribution in [0.1, 0.15) is 37.3 Å². The van der Waals surface area contributed by atoms with Crippen molar-refractivity contribution < 1.29 is 0 Å². The smallest absolute Gasteiger partial charge is 0.0236 e. The highest BCUT2D eigenvalue weighted by Crippen LogP contribution is 2.19. The van der Waals surface area contributed by atoms with E-state index in [1.165, 1.54) is 43.5 Å². The molecule has 0 aliphatic carbocycles. The quantitative estimate of drug-likeness (QED) is 0.878. The van der Waals surface area contributed by atoms with E-state index in [2.05, 4.69) is 41.4 Å². The molecule has 1 atom stereocenters. The zero-order valence-corrected chi connectivity index (χ0v) is 11.8. The number of nitrogens with one attached hydrogen (secondary N) is 1. The molecule has 0 aromatic heterocycles. The standard InChI is InChI=1S/C16H26N2/c1-14-6-5-10-18(11-9-14)13-16-8-4-3-7-15(16)12-17-2/h3-4,7-8,14,17H,5-6,9-13H2,1-2H3. The number of likely N-dealkylation sites (tertiary alicyclic amines) is 1. The van der Waals surface area contributed by atoms with Crippen molar-refractivity contribution in [2.24, 2.45) is 5.92 Å². The molecule has 1 N–H and O–H groups in total. The number of benzene rings is 1. The van der Waals surface area contributed by atoms with Gasteiger partial charge in [0.25, 0.3) is 0 Å². The van der Waals surface area contributed by atoms with Gasteiger partial charge in [-0.25, -0.2) is 0 Å². The van der Waals surface area contributed by atoms with Crippen LogP contribution in [0, 0.1) is 5.92 Å². The molecule has 0 bridgehead atoms. The molecule has 100 valence electrons. The molecule has 0 radical (unpaired) electrons. The Morgan fingerprint density at radius 1 is 1.17 bits per heavy atom. The van der Waals surface area contributed by atoms with Crippen LogP contribution in [0.4, 0.5) is 0 Å².